The summed E-state index contributed by atoms with van der Waals surface area (Å²) in [5.74, 6) is 0.729. The number of anilines is 4. The van der Waals surface area contributed by atoms with Gasteiger partial charge in [0.1, 0.15) is 17.8 Å². The molecule has 0 unspecified atom stereocenters. The smallest absolute Gasteiger partial charge is 0.273 e. The van der Waals surface area contributed by atoms with Crippen molar-refractivity contribution in [2.24, 2.45) is 0 Å². The number of ether oxygens (including phenoxy) is 1. The molecule has 0 saturated heterocycles. The van der Waals surface area contributed by atoms with Crippen LogP contribution in [0.15, 0.2) is 60.9 Å². The SMILES string of the molecule is COc1ccccc1C(=O)NNc1ncnc(Nc2cccc3nc(C)ccc23)c1N. The number of aromatic nitrogens is 3. The lowest BCUT2D eigenvalue weighted by Crippen LogP contribution is -2.30. The minimum Gasteiger partial charge on any atom is -0.496 e. The van der Waals surface area contributed by atoms with Crippen LogP contribution >= 0.6 is 0 Å². The van der Waals surface area contributed by atoms with Gasteiger partial charge in [-0.2, -0.15) is 0 Å². The molecule has 0 spiro atoms. The molecule has 0 bridgehead atoms. The highest BCUT2D eigenvalue weighted by molar-refractivity contribution is 5.98. The molecule has 0 atom stereocenters. The standard InChI is InChI=1S/C22H21N7O2/c1-13-10-11-14-16(26-13)7-5-8-17(14)27-20-19(23)21(25-12-24-20)28-29-22(30)15-6-3-4-9-18(15)31-2/h3-12H,23H2,1-2H3,(H,29,30)(H2,24,25,27,28). The Balaban J connectivity index is 1.55. The zero-order valence-corrected chi connectivity index (χ0v) is 17.0. The Hall–Kier alpha value is -4.40. The Bertz CT molecular complexity index is 1260. The van der Waals surface area contributed by atoms with Crippen LogP contribution in [-0.2, 0) is 0 Å². The fraction of sp³-hybridized carbons (Fsp3) is 0.0909. The summed E-state index contributed by atoms with van der Waals surface area (Å²) in [4.78, 5) is 25.4. The van der Waals surface area contributed by atoms with Crippen LogP contribution in [0.2, 0.25) is 0 Å². The van der Waals surface area contributed by atoms with E-state index < -0.39 is 0 Å². The second kappa shape index (κ2) is 8.54. The Kier molecular flexibility index (Phi) is 5.48. The van der Waals surface area contributed by atoms with Crippen LogP contribution < -0.4 is 26.6 Å². The fourth-order valence-corrected chi connectivity index (χ4v) is 3.10. The predicted molar refractivity (Wildman–Crippen MR) is 120 cm³/mol. The molecular weight excluding hydrogens is 394 g/mol. The summed E-state index contributed by atoms with van der Waals surface area (Å²) in [6.07, 6.45) is 1.35. The van der Waals surface area contributed by atoms with Gasteiger partial charge in [-0.05, 0) is 43.3 Å². The third-order valence-corrected chi connectivity index (χ3v) is 4.65. The number of methoxy groups -OCH3 is 1. The molecule has 2 aromatic carbocycles. The highest BCUT2D eigenvalue weighted by atomic mass is 16.5. The largest absolute Gasteiger partial charge is 0.496 e. The van der Waals surface area contributed by atoms with E-state index in [1.807, 2.05) is 37.3 Å². The van der Waals surface area contributed by atoms with Crippen LogP contribution in [0.3, 0.4) is 0 Å². The highest BCUT2D eigenvalue weighted by Crippen LogP contribution is 2.29. The van der Waals surface area contributed by atoms with Crippen molar-refractivity contribution in [2.45, 2.75) is 6.92 Å². The molecule has 1 amide bonds. The van der Waals surface area contributed by atoms with E-state index in [1.165, 1.54) is 13.4 Å². The third-order valence-electron chi connectivity index (χ3n) is 4.65. The molecule has 0 saturated carbocycles. The first-order chi connectivity index (χ1) is 15.1. The molecule has 9 heteroatoms. The molecule has 4 aromatic rings. The third kappa shape index (κ3) is 4.15. The van der Waals surface area contributed by atoms with Gasteiger partial charge in [0.15, 0.2) is 11.6 Å². The number of hydrogen-bond acceptors (Lipinski definition) is 8. The number of hydrogen-bond donors (Lipinski definition) is 4. The van der Waals surface area contributed by atoms with Crippen molar-refractivity contribution in [2.75, 3.05) is 23.6 Å². The maximum Gasteiger partial charge on any atom is 0.273 e. The number of pyridine rings is 1. The maximum absolute atomic E-state index is 12.5. The number of rotatable bonds is 6. The predicted octanol–water partition coefficient (Wildman–Crippen LogP) is 3.42. The lowest BCUT2D eigenvalue weighted by molar-refractivity contribution is 0.0959. The minimum absolute atomic E-state index is 0.250. The molecule has 31 heavy (non-hydrogen) atoms. The van der Waals surface area contributed by atoms with E-state index in [0.29, 0.717) is 17.1 Å². The number of nitrogens with two attached hydrogens (primary N) is 1. The lowest BCUT2D eigenvalue weighted by atomic mass is 10.1. The quantitative estimate of drug-likeness (QED) is 0.353. The van der Waals surface area contributed by atoms with E-state index in [0.717, 1.165) is 22.3 Å². The molecule has 0 radical (unpaired) electrons. The van der Waals surface area contributed by atoms with E-state index in [9.17, 15) is 4.79 Å². The normalized spacial score (nSPS) is 10.5. The van der Waals surface area contributed by atoms with E-state index in [1.54, 1.807) is 24.3 Å². The fourth-order valence-electron chi connectivity index (χ4n) is 3.10. The number of aryl methyl sites for hydroxylation is 1. The second-order valence-electron chi connectivity index (χ2n) is 6.71. The first-order valence-corrected chi connectivity index (χ1v) is 9.50. The summed E-state index contributed by atoms with van der Waals surface area (Å²) >= 11 is 0. The van der Waals surface area contributed by atoms with Crippen LogP contribution in [0, 0.1) is 6.92 Å². The van der Waals surface area contributed by atoms with Gasteiger partial charge in [-0.25, -0.2) is 9.97 Å². The lowest BCUT2D eigenvalue weighted by Gasteiger charge is -2.15. The number of carbonyl (C=O) groups excluding carboxylic acids is 1. The van der Waals surface area contributed by atoms with Crippen molar-refractivity contribution in [3.8, 4) is 5.75 Å². The number of nitrogens with zero attached hydrogens (tertiary/aromatic N) is 3. The van der Waals surface area contributed by atoms with Crippen molar-refractivity contribution in [3.05, 3.63) is 72.2 Å². The number of benzene rings is 2. The van der Waals surface area contributed by atoms with Gasteiger partial charge in [0, 0.05) is 16.8 Å². The number of fused-ring (bicyclic) bond motifs is 1. The number of hydrazine groups is 1. The Morgan fingerprint density at radius 1 is 1.00 bits per heavy atom. The summed E-state index contributed by atoms with van der Waals surface area (Å²) in [6.45, 7) is 1.94. The summed E-state index contributed by atoms with van der Waals surface area (Å²) < 4.78 is 5.22. The highest BCUT2D eigenvalue weighted by Gasteiger charge is 2.14. The van der Waals surface area contributed by atoms with Crippen LogP contribution in [-0.4, -0.2) is 28.0 Å². The van der Waals surface area contributed by atoms with Crippen molar-refractivity contribution >= 4 is 39.8 Å². The summed E-state index contributed by atoms with van der Waals surface area (Å²) in [5.41, 5.74) is 14.8. The zero-order valence-electron chi connectivity index (χ0n) is 17.0. The molecule has 0 aliphatic carbocycles. The topological polar surface area (TPSA) is 127 Å². The molecule has 2 heterocycles. The Labute approximate surface area is 178 Å². The van der Waals surface area contributed by atoms with Gasteiger partial charge in [0.05, 0.1) is 18.2 Å². The molecule has 2 aromatic heterocycles. The zero-order chi connectivity index (χ0) is 21.8. The maximum atomic E-state index is 12.5. The summed E-state index contributed by atoms with van der Waals surface area (Å²) in [6, 6.07) is 16.6. The van der Waals surface area contributed by atoms with E-state index in [4.69, 9.17) is 10.5 Å². The van der Waals surface area contributed by atoms with Crippen LogP contribution in [0.1, 0.15) is 16.1 Å². The van der Waals surface area contributed by atoms with Gasteiger partial charge >= 0.3 is 0 Å². The number of nitrogens with one attached hydrogen (secondary N) is 3. The first-order valence-electron chi connectivity index (χ1n) is 9.50. The van der Waals surface area contributed by atoms with Gasteiger partial charge in [-0.3, -0.25) is 20.6 Å². The second-order valence-corrected chi connectivity index (χ2v) is 6.71. The van der Waals surface area contributed by atoms with Crippen molar-refractivity contribution in [1.29, 1.82) is 0 Å². The molecule has 4 rings (SSSR count). The average Bonchev–Trinajstić information content (AvgIpc) is 2.79. The number of carbonyl (C=O) groups is 1. The molecule has 156 valence electrons. The van der Waals surface area contributed by atoms with E-state index >= 15 is 0 Å². The monoisotopic (exact) mass is 415 g/mol. The molecule has 5 N–H and O–H groups in total. The van der Waals surface area contributed by atoms with Crippen molar-refractivity contribution in [1.82, 2.24) is 20.4 Å². The Morgan fingerprint density at radius 2 is 1.81 bits per heavy atom. The minimum atomic E-state index is -0.388. The van der Waals surface area contributed by atoms with Gasteiger partial charge in [-0.15, -0.1) is 0 Å². The van der Waals surface area contributed by atoms with Crippen LogP contribution in [0.5, 0.6) is 5.75 Å². The number of para-hydroxylation sites is 1. The van der Waals surface area contributed by atoms with Crippen LogP contribution in [0.4, 0.5) is 23.0 Å². The van der Waals surface area contributed by atoms with E-state index in [2.05, 4.69) is 31.1 Å². The molecule has 9 nitrogen and oxygen atoms in total. The van der Waals surface area contributed by atoms with Crippen molar-refractivity contribution < 1.29 is 9.53 Å². The molecular formula is C22H21N7O2. The van der Waals surface area contributed by atoms with Gasteiger partial charge in [-0.1, -0.05) is 18.2 Å². The van der Waals surface area contributed by atoms with Crippen molar-refractivity contribution in [3.63, 3.8) is 0 Å². The average molecular weight is 415 g/mol. The van der Waals surface area contributed by atoms with Gasteiger partial charge in [0.2, 0.25) is 0 Å². The number of amides is 1. The molecule has 0 aliphatic rings. The van der Waals surface area contributed by atoms with E-state index in [-0.39, 0.29) is 17.4 Å². The number of nitrogen functional groups attached to an aromatic ring is 1. The van der Waals surface area contributed by atoms with Crippen LogP contribution in [0.25, 0.3) is 10.9 Å². The van der Waals surface area contributed by atoms with Gasteiger partial charge in [0.25, 0.3) is 5.91 Å². The Morgan fingerprint density at radius 3 is 2.65 bits per heavy atom. The molecule has 0 aliphatic heterocycles. The first kappa shape index (κ1) is 19.9. The summed E-state index contributed by atoms with van der Waals surface area (Å²) in [5, 5.41) is 4.16. The van der Waals surface area contributed by atoms with Gasteiger partial charge < -0.3 is 15.8 Å². The molecule has 0 fully saturated rings. The summed E-state index contributed by atoms with van der Waals surface area (Å²) in [7, 11) is 1.50.